The van der Waals surface area contributed by atoms with E-state index >= 15 is 0 Å². The van der Waals surface area contributed by atoms with Gasteiger partial charge in [-0.25, -0.2) is 0 Å². The van der Waals surface area contributed by atoms with E-state index in [0.717, 1.165) is 12.1 Å². The Balaban J connectivity index is -0.0000000241. The van der Waals surface area contributed by atoms with Crippen LogP contribution in [0.4, 0.5) is 0 Å². The van der Waals surface area contributed by atoms with Gasteiger partial charge >= 0.3 is 75.5 Å². The second kappa shape index (κ2) is 42.8. The minimum Gasteiger partial charge on any atom is -0.550 e. The molecular weight excluding hydrogens is 906 g/mol. The van der Waals surface area contributed by atoms with Crippen molar-refractivity contribution in [2.45, 2.75) is 12.8 Å². The molecular formula is C14H28Ho2N4O22. The second-order valence-electron chi connectivity index (χ2n) is 4.73. The Bertz CT molecular complexity index is 833. The van der Waals surface area contributed by atoms with Crippen molar-refractivity contribution in [2.24, 2.45) is 0 Å². The molecule has 0 amide bonds. The zero-order chi connectivity index (χ0) is 23.4. The molecule has 2 heterocycles. The smallest absolute Gasteiger partial charge is 0.550 e. The van der Waals surface area contributed by atoms with Gasteiger partial charge in [0, 0.05) is 11.9 Å². The van der Waals surface area contributed by atoms with Crippen molar-refractivity contribution in [1.82, 2.24) is 20.4 Å². The summed E-state index contributed by atoms with van der Waals surface area (Å²) in [7, 11) is 0. The van der Waals surface area contributed by atoms with Gasteiger partial charge in [-0.1, -0.05) is 0 Å². The fraction of sp³-hybridized carbons (Fsp3) is 0.143. The van der Waals surface area contributed by atoms with Gasteiger partial charge < -0.3 is 114 Å². The van der Waals surface area contributed by atoms with Crippen LogP contribution in [0.25, 0.3) is 0 Å². The van der Waals surface area contributed by atoms with Crippen LogP contribution in [0.5, 0.6) is 0 Å². The van der Waals surface area contributed by atoms with Gasteiger partial charge in [0.15, 0.2) is 0 Å². The van der Waals surface area contributed by atoms with E-state index in [9.17, 15) is 59.4 Å². The number of rotatable bonds is 7. The summed E-state index contributed by atoms with van der Waals surface area (Å²) in [4.78, 5) is 59.1. The van der Waals surface area contributed by atoms with Crippen LogP contribution in [0.3, 0.4) is 0 Å². The molecule has 0 spiro atoms. The Hall–Kier alpha value is -2.64. The van der Waals surface area contributed by atoms with Gasteiger partial charge in [-0.15, -0.1) is 0 Å². The molecule has 22 N–H and O–H groups in total. The van der Waals surface area contributed by atoms with Crippen LogP contribution in [-0.2, 0) is 9.59 Å². The number of hydrogen-bond acceptors (Lipinski definition) is 14. The van der Waals surface area contributed by atoms with Crippen LogP contribution in [0.15, 0.2) is 12.1 Å². The van der Waals surface area contributed by atoms with Gasteiger partial charge in [0.05, 0.1) is 35.3 Å². The number of aromatic carboxylic acids is 4. The van der Waals surface area contributed by atoms with Crippen LogP contribution in [0.2, 0.25) is 0 Å². The van der Waals surface area contributed by atoms with Gasteiger partial charge in [0.1, 0.15) is 11.4 Å². The topological polar surface area (TPSA) is 613 Å². The molecule has 0 radical (unpaired) electrons. The Morgan fingerprint density at radius 2 is 0.690 bits per heavy atom. The summed E-state index contributed by atoms with van der Waals surface area (Å²) in [6, 6.07) is 1.65. The van der Waals surface area contributed by atoms with Crippen LogP contribution < -0.4 is 30.6 Å². The molecule has 0 aromatic carbocycles. The van der Waals surface area contributed by atoms with Crippen molar-refractivity contribution < 1.29 is 190 Å². The maximum Gasteiger partial charge on any atom is 3.00 e. The number of nitrogens with zero attached hydrogens (tertiary/aromatic N) is 2. The van der Waals surface area contributed by atoms with E-state index in [1.165, 1.54) is 0 Å². The SMILES string of the molecule is O.O.O.O.O.O.O.O.O.O.O=C([O-])CCC(=O)[O-].O=C([O-])c1cc(C(=O)[O-])[nH]n1.O=C([O-])c1cc(C(=O)[O-])[nH]n1.[Ho+3].[Ho+3]. The molecule has 28 heteroatoms. The minimum absolute atomic E-state index is 0. The fourth-order valence-electron chi connectivity index (χ4n) is 1.27. The third-order valence-corrected chi connectivity index (χ3v) is 2.55. The Morgan fingerprint density at radius 3 is 0.786 bits per heavy atom. The first-order chi connectivity index (χ1) is 13.8. The molecule has 2 aromatic rings. The number of aromatic amines is 2. The van der Waals surface area contributed by atoms with Crippen molar-refractivity contribution in [2.75, 3.05) is 0 Å². The normalized spacial score (nSPS) is 6.57. The predicted molar refractivity (Wildman–Crippen MR) is 110 cm³/mol. The molecule has 26 nitrogen and oxygen atoms in total. The summed E-state index contributed by atoms with van der Waals surface area (Å²) >= 11 is 0. The first-order valence-electron chi connectivity index (χ1n) is 7.21. The fourth-order valence-corrected chi connectivity index (χ4v) is 1.27. The molecule has 0 aliphatic rings. The molecule has 0 saturated carbocycles. The van der Waals surface area contributed by atoms with Gasteiger partial charge in [0.25, 0.3) is 0 Å². The largest absolute Gasteiger partial charge is 3.00 e. The first kappa shape index (κ1) is 83.4. The number of hydrogen-bond donors (Lipinski definition) is 2. The summed E-state index contributed by atoms with van der Waals surface area (Å²) in [6.45, 7) is 0. The number of carbonyl (C=O) groups is 6. The van der Waals surface area contributed by atoms with E-state index in [2.05, 4.69) is 10.2 Å². The summed E-state index contributed by atoms with van der Waals surface area (Å²) in [5, 5.41) is 69.3. The summed E-state index contributed by atoms with van der Waals surface area (Å²) in [5.74, 6) is -8.82. The minimum atomic E-state index is -1.53. The Morgan fingerprint density at radius 1 is 0.476 bits per heavy atom. The van der Waals surface area contributed by atoms with E-state index in [1.54, 1.807) is 0 Å². The molecule has 0 fully saturated rings. The van der Waals surface area contributed by atoms with E-state index in [-0.39, 0.29) is 142 Å². The quantitative estimate of drug-likeness (QED) is 0.244. The van der Waals surface area contributed by atoms with E-state index in [1.807, 2.05) is 10.2 Å². The number of nitrogens with one attached hydrogen (secondary N) is 2. The summed E-state index contributed by atoms with van der Waals surface area (Å²) in [5.41, 5.74) is -1.68. The van der Waals surface area contributed by atoms with Crippen LogP contribution >= 0.6 is 0 Å². The maximum absolute atomic E-state index is 10.0. The molecule has 0 bridgehead atoms. The third-order valence-electron chi connectivity index (χ3n) is 2.55. The third kappa shape index (κ3) is 37.4. The zero-order valence-corrected chi connectivity index (χ0v) is 23.8. The van der Waals surface area contributed by atoms with Gasteiger partial charge in [-0.05, 0) is 25.0 Å². The van der Waals surface area contributed by atoms with Crippen LogP contribution in [0.1, 0.15) is 54.8 Å². The maximum atomic E-state index is 10.0. The molecule has 0 aliphatic carbocycles. The van der Waals surface area contributed by atoms with Gasteiger partial charge in [-0.2, -0.15) is 10.2 Å². The Kier molecular flexibility index (Phi) is 85.0. The molecule has 2 rings (SSSR count). The number of aliphatic carboxylic acids is 2. The van der Waals surface area contributed by atoms with Crippen molar-refractivity contribution in [3.63, 3.8) is 0 Å². The summed E-state index contributed by atoms with van der Waals surface area (Å²) in [6.07, 6.45) is -0.940. The van der Waals surface area contributed by atoms with Crippen molar-refractivity contribution in [1.29, 1.82) is 0 Å². The molecule has 0 atom stereocenters. The van der Waals surface area contributed by atoms with Gasteiger partial charge in [-0.3, -0.25) is 10.2 Å². The molecule has 42 heavy (non-hydrogen) atoms. The second-order valence-corrected chi connectivity index (χ2v) is 4.73. The molecule has 0 unspecified atom stereocenters. The van der Waals surface area contributed by atoms with E-state index in [0.29, 0.717) is 0 Å². The van der Waals surface area contributed by atoms with Crippen molar-refractivity contribution >= 4 is 35.8 Å². The molecule has 2 aromatic heterocycles. The summed E-state index contributed by atoms with van der Waals surface area (Å²) < 4.78 is 0. The zero-order valence-electron chi connectivity index (χ0n) is 20.0. The molecule has 0 aliphatic heterocycles. The number of H-pyrrole nitrogens is 2. The average Bonchev–Trinajstić information content (AvgIpc) is 3.31. The number of aromatic nitrogens is 4. The monoisotopic (exact) mass is 934 g/mol. The Labute approximate surface area is 291 Å². The van der Waals surface area contributed by atoms with E-state index < -0.39 is 60.0 Å². The predicted octanol–water partition coefficient (Wildman–Crippen LogP) is -16.7. The standard InChI is InChI=1S/2C5H4N2O4.C4H6O4.2Ho.10H2O/c2*8-4(9)2-1-3(5(10)11)7-6-2;5-3(6)1-2-4(7)8;;;;;;;;;;;;/h2*1H,(H,6,7)(H,8,9)(H,10,11);1-2H2,(H,5,6)(H,7,8);;;10*1H2/q;;;2*+3;;;;;;;;;;/p-6. The average molecular weight is 934 g/mol. The van der Waals surface area contributed by atoms with Crippen LogP contribution in [-0.4, -0.2) is 111 Å². The first-order valence-corrected chi connectivity index (χ1v) is 7.21. The number of carboxylic acid groups (broad SMARTS) is 6. The van der Waals surface area contributed by atoms with Gasteiger partial charge in [0.2, 0.25) is 0 Å². The molecule has 0 saturated heterocycles. The van der Waals surface area contributed by atoms with E-state index in [4.69, 9.17) is 0 Å². The van der Waals surface area contributed by atoms with Crippen LogP contribution in [0, 0.1) is 75.5 Å². The molecule has 258 valence electrons. The number of carboxylic acids is 6. The van der Waals surface area contributed by atoms with Crippen molar-refractivity contribution in [3.05, 3.63) is 34.9 Å². The number of carbonyl (C=O) groups excluding carboxylic acids is 6. The van der Waals surface area contributed by atoms with Crippen molar-refractivity contribution in [3.8, 4) is 0 Å².